The summed E-state index contributed by atoms with van der Waals surface area (Å²) in [7, 11) is 0. The smallest absolute Gasteiger partial charge is 0.161 e. The zero-order valence-corrected chi connectivity index (χ0v) is 10.5. The van der Waals surface area contributed by atoms with Gasteiger partial charge in [0.15, 0.2) is 11.5 Å². The molecule has 0 bridgehead atoms. The number of aromatic hydroxyl groups is 1. The number of aldehydes is 1. The second-order valence-corrected chi connectivity index (χ2v) is 4.32. The number of hydrogen-bond acceptors (Lipinski definition) is 3. The van der Waals surface area contributed by atoms with E-state index < -0.39 is 0 Å². The summed E-state index contributed by atoms with van der Waals surface area (Å²) in [4.78, 5) is 10.6. The van der Waals surface area contributed by atoms with Gasteiger partial charge in [0.25, 0.3) is 0 Å². The Hall–Kier alpha value is -1.51. The Kier molecular flexibility index (Phi) is 5.53. The van der Waals surface area contributed by atoms with Gasteiger partial charge in [-0.05, 0) is 30.5 Å². The Morgan fingerprint density at radius 2 is 2.24 bits per heavy atom. The summed E-state index contributed by atoms with van der Waals surface area (Å²) in [5.74, 6) is 0.653. The SMILES string of the molecule is CCCCOc1cc(CC(C)C=O)ccc1O. The van der Waals surface area contributed by atoms with Crippen molar-refractivity contribution >= 4 is 6.29 Å². The van der Waals surface area contributed by atoms with E-state index in [1.54, 1.807) is 6.07 Å². The first kappa shape index (κ1) is 13.6. The van der Waals surface area contributed by atoms with Crippen molar-refractivity contribution in [2.45, 2.75) is 33.1 Å². The number of carbonyl (C=O) groups is 1. The van der Waals surface area contributed by atoms with Crippen LogP contribution in [0.5, 0.6) is 11.5 Å². The molecule has 0 aromatic heterocycles. The van der Waals surface area contributed by atoms with Gasteiger partial charge in [-0.25, -0.2) is 0 Å². The predicted molar refractivity (Wildman–Crippen MR) is 67.4 cm³/mol. The lowest BCUT2D eigenvalue weighted by atomic mass is 10.0. The molecule has 1 rings (SSSR count). The molecule has 1 aromatic rings. The van der Waals surface area contributed by atoms with Gasteiger partial charge in [-0.1, -0.05) is 26.3 Å². The number of carbonyl (C=O) groups excluding carboxylic acids is 1. The normalized spacial score (nSPS) is 12.1. The maximum Gasteiger partial charge on any atom is 0.161 e. The lowest BCUT2D eigenvalue weighted by molar-refractivity contribution is -0.110. The van der Waals surface area contributed by atoms with Gasteiger partial charge in [0.05, 0.1) is 6.61 Å². The molecule has 0 amide bonds. The first-order chi connectivity index (χ1) is 8.17. The molecule has 0 heterocycles. The fourth-order valence-corrected chi connectivity index (χ4v) is 1.55. The molecule has 1 unspecified atom stereocenters. The summed E-state index contributed by atoms with van der Waals surface area (Å²) in [6.45, 7) is 4.57. The summed E-state index contributed by atoms with van der Waals surface area (Å²) >= 11 is 0. The van der Waals surface area contributed by atoms with E-state index in [-0.39, 0.29) is 11.7 Å². The molecule has 3 heteroatoms. The maximum atomic E-state index is 10.6. The van der Waals surface area contributed by atoms with Gasteiger partial charge in [-0.15, -0.1) is 0 Å². The van der Waals surface area contributed by atoms with Gasteiger partial charge < -0.3 is 14.6 Å². The third kappa shape index (κ3) is 4.47. The van der Waals surface area contributed by atoms with Crippen LogP contribution in [0.2, 0.25) is 0 Å². The Labute approximate surface area is 102 Å². The summed E-state index contributed by atoms with van der Waals surface area (Å²) < 4.78 is 5.49. The lowest BCUT2D eigenvalue weighted by Gasteiger charge is -2.10. The molecule has 0 saturated carbocycles. The van der Waals surface area contributed by atoms with Gasteiger partial charge in [0, 0.05) is 5.92 Å². The molecule has 0 aliphatic carbocycles. The highest BCUT2D eigenvalue weighted by atomic mass is 16.5. The zero-order valence-electron chi connectivity index (χ0n) is 10.5. The molecule has 0 spiro atoms. The standard InChI is InChI=1S/C14H20O3/c1-3-4-7-17-14-9-12(5-6-13(14)16)8-11(2)10-15/h5-6,9-11,16H,3-4,7-8H2,1-2H3. The highest BCUT2D eigenvalue weighted by Crippen LogP contribution is 2.27. The Morgan fingerprint density at radius 3 is 2.88 bits per heavy atom. The van der Waals surface area contributed by atoms with Crippen LogP contribution in [0.4, 0.5) is 0 Å². The fraction of sp³-hybridized carbons (Fsp3) is 0.500. The molecule has 3 nitrogen and oxygen atoms in total. The molecule has 0 aliphatic heterocycles. The lowest BCUT2D eigenvalue weighted by Crippen LogP contribution is -2.02. The molecule has 0 aliphatic rings. The van der Waals surface area contributed by atoms with Gasteiger partial charge in [-0.2, -0.15) is 0 Å². The average molecular weight is 236 g/mol. The summed E-state index contributed by atoms with van der Waals surface area (Å²) in [6.07, 6.45) is 3.63. The van der Waals surface area contributed by atoms with Crippen molar-refractivity contribution in [2.75, 3.05) is 6.61 Å². The quantitative estimate of drug-likeness (QED) is 0.585. The van der Waals surface area contributed by atoms with Crippen LogP contribution >= 0.6 is 0 Å². The molecule has 1 aromatic carbocycles. The van der Waals surface area contributed by atoms with E-state index in [0.717, 1.165) is 24.7 Å². The van der Waals surface area contributed by atoms with Gasteiger partial charge in [-0.3, -0.25) is 0 Å². The molecule has 1 N–H and O–H groups in total. The maximum absolute atomic E-state index is 10.6. The number of phenols is 1. The van der Waals surface area contributed by atoms with Crippen molar-refractivity contribution in [1.82, 2.24) is 0 Å². The third-order valence-corrected chi connectivity index (χ3v) is 2.57. The highest BCUT2D eigenvalue weighted by Gasteiger charge is 2.07. The number of rotatable bonds is 7. The summed E-state index contributed by atoms with van der Waals surface area (Å²) in [6, 6.07) is 5.25. The monoisotopic (exact) mass is 236 g/mol. The van der Waals surface area contributed by atoms with Crippen LogP contribution in [0.25, 0.3) is 0 Å². The van der Waals surface area contributed by atoms with Gasteiger partial charge in [0.2, 0.25) is 0 Å². The van der Waals surface area contributed by atoms with Crippen LogP contribution in [0, 0.1) is 5.92 Å². The van der Waals surface area contributed by atoms with Crippen molar-refractivity contribution < 1.29 is 14.6 Å². The molecule has 0 fully saturated rings. The largest absolute Gasteiger partial charge is 0.504 e. The van der Waals surface area contributed by atoms with E-state index in [0.29, 0.717) is 18.8 Å². The second kappa shape index (κ2) is 6.94. The second-order valence-electron chi connectivity index (χ2n) is 4.32. The Balaban J connectivity index is 2.68. The third-order valence-electron chi connectivity index (χ3n) is 2.57. The van der Waals surface area contributed by atoms with Gasteiger partial charge >= 0.3 is 0 Å². The predicted octanol–water partition coefficient (Wildman–Crippen LogP) is 2.95. The summed E-state index contributed by atoms with van der Waals surface area (Å²) in [5, 5.41) is 9.63. The molecule has 1 atom stereocenters. The van der Waals surface area contributed by atoms with E-state index in [1.807, 2.05) is 19.1 Å². The van der Waals surface area contributed by atoms with Crippen molar-refractivity contribution in [3.63, 3.8) is 0 Å². The first-order valence-corrected chi connectivity index (χ1v) is 6.07. The number of phenolic OH excluding ortho intramolecular Hbond substituents is 1. The average Bonchev–Trinajstić information content (AvgIpc) is 2.33. The van der Waals surface area contributed by atoms with Crippen molar-refractivity contribution in [3.8, 4) is 11.5 Å². The minimum Gasteiger partial charge on any atom is -0.504 e. The molecule has 17 heavy (non-hydrogen) atoms. The minimum atomic E-state index is -0.0111. The van der Waals surface area contributed by atoms with Crippen LogP contribution in [0.15, 0.2) is 18.2 Å². The van der Waals surface area contributed by atoms with Crippen molar-refractivity contribution in [3.05, 3.63) is 23.8 Å². The number of unbranched alkanes of at least 4 members (excludes halogenated alkanes) is 1. The van der Waals surface area contributed by atoms with Crippen LogP contribution in [-0.2, 0) is 11.2 Å². The number of ether oxygens (including phenoxy) is 1. The molecular formula is C14H20O3. The highest BCUT2D eigenvalue weighted by molar-refractivity contribution is 5.54. The molecule has 94 valence electrons. The van der Waals surface area contributed by atoms with Crippen LogP contribution in [-0.4, -0.2) is 18.0 Å². The van der Waals surface area contributed by atoms with Crippen molar-refractivity contribution in [1.29, 1.82) is 0 Å². The minimum absolute atomic E-state index is 0.0111. The van der Waals surface area contributed by atoms with E-state index in [2.05, 4.69) is 6.92 Å². The summed E-state index contributed by atoms with van der Waals surface area (Å²) in [5.41, 5.74) is 1.01. The van der Waals surface area contributed by atoms with Crippen molar-refractivity contribution in [2.24, 2.45) is 5.92 Å². The molecule has 0 radical (unpaired) electrons. The van der Waals surface area contributed by atoms with Crippen LogP contribution in [0.1, 0.15) is 32.3 Å². The topological polar surface area (TPSA) is 46.5 Å². The van der Waals surface area contributed by atoms with E-state index in [9.17, 15) is 9.90 Å². The van der Waals surface area contributed by atoms with Gasteiger partial charge in [0.1, 0.15) is 6.29 Å². The van der Waals surface area contributed by atoms with E-state index in [4.69, 9.17) is 4.74 Å². The fourth-order valence-electron chi connectivity index (χ4n) is 1.55. The number of benzene rings is 1. The first-order valence-electron chi connectivity index (χ1n) is 6.07. The molecular weight excluding hydrogens is 216 g/mol. The Bertz CT molecular complexity index is 360. The van der Waals surface area contributed by atoms with E-state index in [1.165, 1.54) is 0 Å². The number of hydrogen-bond donors (Lipinski definition) is 1. The van der Waals surface area contributed by atoms with Crippen LogP contribution in [0.3, 0.4) is 0 Å². The zero-order chi connectivity index (χ0) is 12.7. The Morgan fingerprint density at radius 1 is 1.47 bits per heavy atom. The van der Waals surface area contributed by atoms with E-state index >= 15 is 0 Å². The molecule has 0 saturated heterocycles. The van der Waals surface area contributed by atoms with Crippen LogP contribution < -0.4 is 4.74 Å².